The Morgan fingerprint density at radius 2 is 2.00 bits per heavy atom. The van der Waals surface area contributed by atoms with Crippen molar-refractivity contribution in [3.63, 3.8) is 0 Å². The van der Waals surface area contributed by atoms with Crippen molar-refractivity contribution in [2.45, 2.75) is 19.9 Å². The van der Waals surface area contributed by atoms with Gasteiger partial charge in [0.2, 0.25) is 0 Å². The molecule has 5 nitrogen and oxygen atoms in total. The maximum absolute atomic E-state index is 4.44. The molecule has 0 unspecified atom stereocenters. The van der Waals surface area contributed by atoms with E-state index in [1.807, 2.05) is 49.1 Å². The van der Waals surface area contributed by atoms with Crippen molar-refractivity contribution in [1.82, 2.24) is 24.5 Å². The fourth-order valence-corrected chi connectivity index (χ4v) is 2.51. The Labute approximate surface area is 117 Å². The molecule has 0 saturated heterocycles. The molecule has 0 aliphatic carbocycles. The molecular formula is C15H17N5. The summed E-state index contributed by atoms with van der Waals surface area (Å²) < 4.78 is 4.01. The van der Waals surface area contributed by atoms with E-state index in [0.29, 0.717) is 0 Å². The van der Waals surface area contributed by atoms with Crippen molar-refractivity contribution in [2.75, 3.05) is 0 Å². The van der Waals surface area contributed by atoms with Crippen LogP contribution in [0.4, 0.5) is 0 Å². The van der Waals surface area contributed by atoms with Gasteiger partial charge in [-0.2, -0.15) is 0 Å². The monoisotopic (exact) mass is 267 g/mol. The van der Waals surface area contributed by atoms with Crippen LogP contribution < -0.4 is 0 Å². The van der Waals surface area contributed by atoms with Gasteiger partial charge in [-0.25, -0.2) is 4.68 Å². The Balaban J connectivity index is 2.07. The van der Waals surface area contributed by atoms with Crippen LogP contribution in [0, 0.1) is 6.92 Å². The molecule has 3 aromatic heterocycles. The van der Waals surface area contributed by atoms with Crippen LogP contribution in [0.15, 0.2) is 42.7 Å². The third kappa shape index (κ3) is 2.01. The van der Waals surface area contributed by atoms with Crippen LogP contribution in [0.3, 0.4) is 0 Å². The highest BCUT2D eigenvalue weighted by atomic mass is 15.4. The van der Waals surface area contributed by atoms with Gasteiger partial charge in [0.15, 0.2) is 0 Å². The van der Waals surface area contributed by atoms with Gasteiger partial charge in [-0.15, -0.1) is 5.10 Å². The van der Waals surface area contributed by atoms with Crippen LogP contribution in [0.5, 0.6) is 0 Å². The molecule has 20 heavy (non-hydrogen) atoms. The first-order valence-electron chi connectivity index (χ1n) is 6.63. The van der Waals surface area contributed by atoms with Crippen LogP contribution in [0.25, 0.3) is 11.4 Å². The molecule has 0 aromatic carbocycles. The highest BCUT2D eigenvalue weighted by Gasteiger charge is 2.17. The van der Waals surface area contributed by atoms with Gasteiger partial charge in [0.05, 0.1) is 23.1 Å². The Bertz CT molecular complexity index is 691. The standard InChI is InChI=1S/C15H17N5/c1-11-15(19(3)18-17-11)14-8-6-10-20(14)12(2)13-7-4-5-9-16-13/h4-10,12H,1-3H3/t12-/m0/s1. The van der Waals surface area contributed by atoms with E-state index in [0.717, 1.165) is 22.8 Å². The Morgan fingerprint density at radius 1 is 1.15 bits per heavy atom. The van der Waals surface area contributed by atoms with Crippen LogP contribution in [0.2, 0.25) is 0 Å². The number of hydrogen-bond acceptors (Lipinski definition) is 3. The van der Waals surface area contributed by atoms with Crippen LogP contribution in [0.1, 0.15) is 24.4 Å². The minimum Gasteiger partial charge on any atom is -0.337 e. The lowest BCUT2D eigenvalue weighted by Crippen LogP contribution is -2.10. The smallest absolute Gasteiger partial charge is 0.108 e. The first-order chi connectivity index (χ1) is 9.68. The molecule has 0 spiro atoms. The van der Waals surface area contributed by atoms with Crippen molar-refractivity contribution >= 4 is 0 Å². The summed E-state index contributed by atoms with van der Waals surface area (Å²) in [5, 5.41) is 8.21. The summed E-state index contributed by atoms with van der Waals surface area (Å²) in [6, 6.07) is 10.3. The topological polar surface area (TPSA) is 48.5 Å². The second-order valence-corrected chi connectivity index (χ2v) is 4.88. The summed E-state index contributed by atoms with van der Waals surface area (Å²) >= 11 is 0. The zero-order valence-corrected chi connectivity index (χ0v) is 11.9. The maximum Gasteiger partial charge on any atom is 0.108 e. The van der Waals surface area contributed by atoms with Gasteiger partial charge in [-0.05, 0) is 38.1 Å². The van der Waals surface area contributed by atoms with Crippen molar-refractivity contribution < 1.29 is 0 Å². The first kappa shape index (κ1) is 12.6. The van der Waals surface area contributed by atoms with Crippen molar-refractivity contribution in [3.8, 4) is 11.4 Å². The van der Waals surface area contributed by atoms with Crippen LogP contribution in [-0.4, -0.2) is 24.5 Å². The zero-order valence-electron chi connectivity index (χ0n) is 11.9. The van der Waals surface area contributed by atoms with Gasteiger partial charge < -0.3 is 4.57 Å². The van der Waals surface area contributed by atoms with Crippen molar-refractivity contribution in [3.05, 3.63) is 54.1 Å². The van der Waals surface area contributed by atoms with E-state index in [1.165, 1.54) is 0 Å². The third-order valence-corrected chi connectivity index (χ3v) is 3.55. The molecule has 0 saturated carbocycles. The minimum atomic E-state index is 0.162. The number of nitrogens with zero attached hydrogens (tertiary/aromatic N) is 5. The quantitative estimate of drug-likeness (QED) is 0.733. The molecular weight excluding hydrogens is 250 g/mol. The van der Waals surface area contributed by atoms with E-state index < -0.39 is 0 Å². The SMILES string of the molecule is Cc1nnn(C)c1-c1cccn1[C@@H](C)c1ccccn1. The summed E-state index contributed by atoms with van der Waals surface area (Å²) in [5.74, 6) is 0. The van der Waals surface area contributed by atoms with Crippen LogP contribution in [-0.2, 0) is 7.05 Å². The molecule has 0 aliphatic heterocycles. The van der Waals surface area contributed by atoms with Gasteiger partial charge in [0.25, 0.3) is 0 Å². The second kappa shape index (κ2) is 4.92. The number of aromatic nitrogens is 5. The zero-order chi connectivity index (χ0) is 14.1. The number of aryl methyl sites for hydroxylation is 2. The van der Waals surface area contributed by atoms with Gasteiger partial charge in [0, 0.05) is 19.4 Å². The van der Waals surface area contributed by atoms with Gasteiger partial charge in [0.1, 0.15) is 5.69 Å². The molecule has 0 N–H and O–H groups in total. The van der Waals surface area contributed by atoms with E-state index in [2.05, 4.69) is 39.1 Å². The molecule has 5 heteroatoms. The first-order valence-corrected chi connectivity index (χ1v) is 6.63. The summed E-state index contributed by atoms with van der Waals surface area (Å²) in [4.78, 5) is 4.44. The summed E-state index contributed by atoms with van der Waals surface area (Å²) in [5.41, 5.74) is 4.12. The van der Waals surface area contributed by atoms with E-state index in [1.54, 1.807) is 0 Å². The largest absolute Gasteiger partial charge is 0.337 e. The highest BCUT2D eigenvalue weighted by molar-refractivity contribution is 5.58. The normalized spacial score (nSPS) is 12.6. The Morgan fingerprint density at radius 3 is 2.65 bits per heavy atom. The Hall–Kier alpha value is -2.43. The average Bonchev–Trinajstić information content (AvgIpc) is 3.06. The van der Waals surface area contributed by atoms with E-state index in [4.69, 9.17) is 0 Å². The molecule has 102 valence electrons. The minimum absolute atomic E-state index is 0.162. The fourth-order valence-electron chi connectivity index (χ4n) is 2.51. The van der Waals surface area contributed by atoms with Gasteiger partial charge in [-0.1, -0.05) is 11.3 Å². The van der Waals surface area contributed by atoms with Gasteiger partial charge >= 0.3 is 0 Å². The number of rotatable bonds is 3. The molecule has 3 heterocycles. The lowest BCUT2D eigenvalue weighted by atomic mass is 10.2. The summed E-state index contributed by atoms with van der Waals surface area (Å²) in [6.45, 7) is 4.12. The van der Waals surface area contributed by atoms with Crippen molar-refractivity contribution in [1.29, 1.82) is 0 Å². The molecule has 0 amide bonds. The van der Waals surface area contributed by atoms with Gasteiger partial charge in [-0.3, -0.25) is 4.98 Å². The second-order valence-electron chi connectivity index (χ2n) is 4.88. The Kier molecular flexibility index (Phi) is 3.10. The molecule has 0 bridgehead atoms. The summed E-state index contributed by atoms with van der Waals surface area (Å²) in [6.07, 6.45) is 3.90. The van der Waals surface area contributed by atoms with E-state index in [9.17, 15) is 0 Å². The fraction of sp³-hybridized carbons (Fsp3) is 0.267. The number of pyridine rings is 1. The predicted molar refractivity (Wildman–Crippen MR) is 77.2 cm³/mol. The third-order valence-electron chi connectivity index (χ3n) is 3.55. The lowest BCUT2D eigenvalue weighted by molar-refractivity contribution is 0.624. The molecule has 0 radical (unpaired) electrons. The maximum atomic E-state index is 4.44. The predicted octanol–water partition coefficient (Wildman–Crippen LogP) is 2.60. The summed E-state index contributed by atoms with van der Waals surface area (Å²) in [7, 11) is 1.91. The van der Waals surface area contributed by atoms with E-state index >= 15 is 0 Å². The highest BCUT2D eigenvalue weighted by Crippen LogP contribution is 2.27. The van der Waals surface area contributed by atoms with Crippen LogP contribution >= 0.6 is 0 Å². The molecule has 0 aliphatic rings. The number of hydrogen-bond donors (Lipinski definition) is 0. The molecule has 0 fully saturated rings. The molecule has 3 rings (SSSR count). The molecule has 3 aromatic rings. The van der Waals surface area contributed by atoms with Crippen molar-refractivity contribution in [2.24, 2.45) is 7.05 Å². The average molecular weight is 267 g/mol. The molecule has 1 atom stereocenters. The van der Waals surface area contributed by atoms with E-state index in [-0.39, 0.29) is 6.04 Å². The lowest BCUT2D eigenvalue weighted by Gasteiger charge is -2.17.